The lowest BCUT2D eigenvalue weighted by atomic mass is 10.0. The predicted molar refractivity (Wildman–Crippen MR) is 69.5 cm³/mol. The molecule has 2 amide bonds. The van der Waals surface area contributed by atoms with E-state index >= 15 is 0 Å². The minimum Gasteiger partial charge on any atom is -0.481 e. The Morgan fingerprint density at radius 1 is 1.37 bits per heavy atom. The number of nitrogens with zero attached hydrogens (tertiary/aromatic N) is 1. The van der Waals surface area contributed by atoms with Gasteiger partial charge in [-0.15, -0.1) is 0 Å². The summed E-state index contributed by atoms with van der Waals surface area (Å²) < 4.78 is 0. The van der Waals surface area contributed by atoms with E-state index in [1.54, 1.807) is 12.1 Å². The van der Waals surface area contributed by atoms with E-state index in [0.29, 0.717) is 0 Å². The Labute approximate surface area is 111 Å². The molecule has 0 bridgehead atoms. The first-order valence-corrected chi connectivity index (χ1v) is 5.80. The minimum absolute atomic E-state index is 0.188. The van der Waals surface area contributed by atoms with Gasteiger partial charge >= 0.3 is 12.0 Å². The summed E-state index contributed by atoms with van der Waals surface area (Å²) in [6.45, 7) is 1.94. The fraction of sp³-hybridized carbons (Fsp3) is 0.385. The molecule has 0 aliphatic rings. The average Bonchev–Trinajstić information content (AvgIpc) is 2.37. The Balaban J connectivity index is 2.85. The molecule has 0 fully saturated rings. The number of aryl methyl sites for hydroxylation is 1. The molecule has 6 nitrogen and oxygen atoms in total. The van der Waals surface area contributed by atoms with Crippen LogP contribution in [0.15, 0.2) is 24.3 Å². The van der Waals surface area contributed by atoms with E-state index in [1.807, 2.05) is 19.1 Å². The van der Waals surface area contributed by atoms with Crippen molar-refractivity contribution < 1.29 is 19.5 Å². The maximum Gasteiger partial charge on any atom is 0.341 e. The highest BCUT2D eigenvalue weighted by molar-refractivity contribution is 5.75. The van der Waals surface area contributed by atoms with Crippen LogP contribution in [-0.4, -0.2) is 36.3 Å². The van der Waals surface area contributed by atoms with Gasteiger partial charge < -0.3 is 10.4 Å². The zero-order valence-corrected chi connectivity index (χ0v) is 11.2. The average molecular weight is 266 g/mol. The molecule has 0 spiro atoms. The van der Waals surface area contributed by atoms with Gasteiger partial charge in [0.25, 0.3) is 0 Å². The monoisotopic (exact) mass is 266 g/mol. The highest BCUT2D eigenvalue weighted by Gasteiger charge is 2.19. The van der Waals surface area contributed by atoms with Gasteiger partial charge in [-0.05, 0) is 12.5 Å². The first-order chi connectivity index (χ1) is 8.93. The number of rotatable bonds is 5. The molecule has 2 N–H and O–H groups in total. The third-order valence-corrected chi connectivity index (χ3v) is 2.72. The van der Waals surface area contributed by atoms with Gasteiger partial charge in [0.05, 0.1) is 19.6 Å². The summed E-state index contributed by atoms with van der Waals surface area (Å²) in [6, 6.07) is 6.26. The molecule has 1 aromatic carbocycles. The Morgan fingerprint density at radius 2 is 1.95 bits per heavy atom. The number of carbonyl (C=O) groups excluding carboxylic acids is 1. The number of benzene rings is 1. The number of hydrogen-bond donors (Lipinski definition) is 2. The molecule has 1 rings (SSSR count). The van der Waals surface area contributed by atoms with Crippen molar-refractivity contribution in [2.45, 2.75) is 19.4 Å². The number of carboxylic acid groups (broad SMARTS) is 1. The number of hydrogen-bond acceptors (Lipinski definition) is 3. The second kappa shape index (κ2) is 6.75. The number of carboxylic acids is 1. The van der Waals surface area contributed by atoms with Crippen molar-refractivity contribution >= 4 is 12.0 Å². The van der Waals surface area contributed by atoms with Crippen LogP contribution in [0.25, 0.3) is 0 Å². The molecule has 1 unspecified atom stereocenters. The van der Waals surface area contributed by atoms with Crippen molar-refractivity contribution in [2.75, 3.05) is 14.2 Å². The van der Waals surface area contributed by atoms with Crippen molar-refractivity contribution in [1.82, 2.24) is 10.4 Å². The SMILES string of the molecule is CON(C)C(=O)NC(CC(=O)O)c1ccc(C)cc1. The first kappa shape index (κ1) is 15.0. The molecule has 6 heteroatoms. The van der Waals surface area contributed by atoms with Crippen LogP contribution in [-0.2, 0) is 9.63 Å². The summed E-state index contributed by atoms with van der Waals surface area (Å²) in [5.74, 6) is -0.981. The number of amides is 2. The van der Waals surface area contributed by atoms with E-state index in [2.05, 4.69) is 5.32 Å². The normalized spacial score (nSPS) is 11.7. The van der Waals surface area contributed by atoms with E-state index in [0.717, 1.165) is 16.2 Å². The molecule has 1 aromatic rings. The van der Waals surface area contributed by atoms with Gasteiger partial charge in [0.15, 0.2) is 0 Å². The van der Waals surface area contributed by atoms with Crippen LogP contribution in [0.1, 0.15) is 23.6 Å². The molecule has 0 radical (unpaired) electrons. The molecule has 104 valence electrons. The second-order valence-electron chi connectivity index (χ2n) is 4.19. The van der Waals surface area contributed by atoms with Crippen molar-refractivity contribution in [3.63, 3.8) is 0 Å². The maximum absolute atomic E-state index is 11.7. The third kappa shape index (κ3) is 4.59. The zero-order chi connectivity index (χ0) is 14.4. The highest BCUT2D eigenvalue weighted by Crippen LogP contribution is 2.18. The standard InChI is InChI=1S/C13H18N2O4/c1-9-4-6-10(7-5-9)11(8-12(16)17)14-13(18)15(2)19-3/h4-7,11H,8H2,1-3H3,(H,14,18)(H,16,17). The van der Waals surface area contributed by atoms with E-state index < -0.39 is 18.0 Å². The predicted octanol–water partition coefficient (Wildman–Crippen LogP) is 1.71. The molecule has 0 aliphatic heterocycles. The molecule has 0 saturated carbocycles. The lowest BCUT2D eigenvalue weighted by Crippen LogP contribution is -2.39. The van der Waals surface area contributed by atoms with E-state index in [9.17, 15) is 9.59 Å². The lowest BCUT2D eigenvalue weighted by molar-refractivity contribution is -0.137. The summed E-state index contributed by atoms with van der Waals surface area (Å²) in [7, 11) is 2.81. The van der Waals surface area contributed by atoms with E-state index in [4.69, 9.17) is 9.94 Å². The van der Waals surface area contributed by atoms with Crippen LogP contribution < -0.4 is 5.32 Å². The quantitative estimate of drug-likeness (QED) is 0.795. The van der Waals surface area contributed by atoms with Gasteiger partial charge in [0.1, 0.15) is 0 Å². The van der Waals surface area contributed by atoms with Gasteiger partial charge in [0.2, 0.25) is 0 Å². The maximum atomic E-state index is 11.7. The zero-order valence-electron chi connectivity index (χ0n) is 11.2. The molecular formula is C13H18N2O4. The number of carbonyl (C=O) groups is 2. The minimum atomic E-state index is -0.981. The Bertz CT molecular complexity index is 444. The topological polar surface area (TPSA) is 78.9 Å². The Kier molecular flexibility index (Phi) is 5.32. The summed E-state index contributed by atoms with van der Waals surface area (Å²) in [4.78, 5) is 27.3. The molecule has 19 heavy (non-hydrogen) atoms. The summed E-state index contributed by atoms with van der Waals surface area (Å²) in [6.07, 6.45) is -0.188. The van der Waals surface area contributed by atoms with Crippen molar-refractivity contribution in [2.24, 2.45) is 0 Å². The van der Waals surface area contributed by atoms with E-state index in [-0.39, 0.29) is 6.42 Å². The summed E-state index contributed by atoms with van der Waals surface area (Å²) in [5, 5.41) is 12.5. The number of hydroxylamine groups is 2. The van der Waals surface area contributed by atoms with Gasteiger partial charge in [-0.3, -0.25) is 9.63 Å². The van der Waals surface area contributed by atoms with Crippen molar-refractivity contribution in [1.29, 1.82) is 0 Å². The molecular weight excluding hydrogens is 248 g/mol. The molecule has 1 atom stereocenters. The van der Waals surface area contributed by atoms with Crippen molar-refractivity contribution in [3.05, 3.63) is 35.4 Å². The molecule has 0 aliphatic carbocycles. The van der Waals surface area contributed by atoms with Crippen LogP contribution >= 0.6 is 0 Å². The fourth-order valence-electron chi connectivity index (χ4n) is 1.55. The second-order valence-corrected chi connectivity index (χ2v) is 4.19. The van der Waals surface area contributed by atoms with Gasteiger partial charge in [-0.2, -0.15) is 0 Å². The summed E-state index contributed by atoms with van der Waals surface area (Å²) in [5.41, 5.74) is 1.81. The number of nitrogens with one attached hydrogen (secondary N) is 1. The highest BCUT2D eigenvalue weighted by atomic mass is 16.7. The summed E-state index contributed by atoms with van der Waals surface area (Å²) >= 11 is 0. The molecule has 0 saturated heterocycles. The Morgan fingerprint density at radius 3 is 2.42 bits per heavy atom. The van der Waals surface area contributed by atoms with Crippen LogP contribution in [0.2, 0.25) is 0 Å². The Hall–Kier alpha value is -2.08. The van der Waals surface area contributed by atoms with E-state index in [1.165, 1.54) is 14.2 Å². The van der Waals surface area contributed by atoms with Crippen LogP contribution in [0.3, 0.4) is 0 Å². The molecule has 0 aromatic heterocycles. The van der Waals surface area contributed by atoms with Crippen LogP contribution in [0.4, 0.5) is 4.79 Å². The van der Waals surface area contributed by atoms with Crippen molar-refractivity contribution in [3.8, 4) is 0 Å². The van der Waals surface area contributed by atoms with Gasteiger partial charge in [0, 0.05) is 7.05 Å². The smallest absolute Gasteiger partial charge is 0.341 e. The van der Waals surface area contributed by atoms with Crippen LogP contribution in [0.5, 0.6) is 0 Å². The number of urea groups is 1. The lowest BCUT2D eigenvalue weighted by Gasteiger charge is -2.21. The third-order valence-electron chi connectivity index (χ3n) is 2.72. The first-order valence-electron chi connectivity index (χ1n) is 5.80. The molecule has 0 heterocycles. The van der Waals surface area contributed by atoms with Gasteiger partial charge in [-0.25, -0.2) is 9.86 Å². The van der Waals surface area contributed by atoms with Gasteiger partial charge in [-0.1, -0.05) is 29.8 Å². The largest absolute Gasteiger partial charge is 0.481 e. The van der Waals surface area contributed by atoms with Crippen LogP contribution in [0, 0.1) is 6.92 Å². The number of aliphatic carboxylic acids is 1. The fourth-order valence-corrected chi connectivity index (χ4v) is 1.55.